The maximum absolute atomic E-state index is 13.1. The molecule has 4 aromatic rings. The van der Waals surface area contributed by atoms with E-state index in [4.69, 9.17) is 5.11 Å². The highest BCUT2D eigenvalue weighted by Crippen LogP contribution is 2.39. The van der Waals surface area contributed by atoms with Crippen LogP contribution in [0.25, 0.3) is 10.8 Å². The van der Waals surface area contributed by atoms with Crippen molar-refractivity contribution in [2.45, 2.75) is 25.6 Å². The van der Waals surface area contributed by atoms with Crippen molar-refractivity contribution >= 4 is 50.9 Å². The number of benzene rings is 3. The molecule has 39 heavy (non-hydrogen) atoms. The Morgan fingerprint density at radius 3 is 2.36 bits per heavy atom. The standard InChI is InChI=1S/C29H25N3O6S/c33-25(20-11-10-18-8-4-5-9-19(18)12-20)30-14-21-13-22-23(16-32(21)15-17-6-2-1-3-7-17)39-27(24(22)28(35)36)31-26(34)29(37)38/h1-12,21H,13-16H2,(H,30,33)(H,31,34)(H,35,36)(H,37,38)/t21-/m0/s1. The molecular weight excluding hydrogens is 518 g/mol. The molecular formula is C29H25N3O6S. The van der Waals surface area contributed by atoms with E-state index in [-0.39, 0.29) is 29.1 Å². The van der Waals surface area contributed by atoms with E-state index in [1.807, 2.05) is 66.7 Å². The van der Waals surface area contributed by atoms with E-state index in [1.165, 1.54) is 0 Å². The Kier molecular flexibility index (Phi) is 7.40. The highest BCUT2D eigenvalue weighted by Gasteiger charge is 2.34. The molecule has 0 aliphatic carbocycles. The molecule has 1 aliphatic rings. The fourth-order valence-corrected chi connectivity index (χ4v) is 6.09. The van der Waals surface area contributed by atoms with Crippen LogP contribution in [0.4, 0.5) is 5.00 Å². The smallest absolute Gasteiger partial charge is 0.394 e. The SMILES string of the molecule is O=C(O)C(=O)Nc1sc2c(c1C(=O)O)C[C@@H](CNC(=O)c1ccc3ccccc3c1)N(Cc1ccccc1)C2. The number of carbonyl (C=O) groups is 4. The normalized spacial score (nSPS) is 14.9. The van der Waals surface area contributed by atoms with Crippen molar-refractivity contribution < 1.29 is 29.4 Å². The largest absolute Gasteiger partial charge is 0.478 e. The van der Waals surface area contributed by atoms with E-state index >= 15 is 0 Å². The summed E-state index contributed by atoms with van der Waals surface area (Å²) in [4.78, 5) is 51.0. The zero-order chi connectivity index (χ0) is 27.5. The predicted molar refractivity (Wildman–Crippen MR) is 147 cm³/mol. The van der Waals surface area contributed by atoms with E-state index in [1.54, 1.807) is 6.07 Å². The lowest BCUT2D eigenvalue weighted by Gasteiger charge is -2.36. The molecule has 1 aromatic heterocycles. The number of carboxylic acid groups (broad SMARTS) is 2. The number of nitrogens with one attached hydrogen (secondary N) is 2. The zero-order valence-corrected chi connectivity index (χ0v) is 21.5. The molecule has 0 saturated heterocycles. The summed E-state index contributed by atoms with van der Waals surface area (Å²) < 4.78 is 0. The number of hydrogen-bond acceptors (Lipinski definition) is 6. The van der Waals surface area contributed by atoms with Crippen LogP contribution >= 0.6 is 11.3 Å². The Labute approximate surface area is 227 Å². The van der Waals surface area contributed by atoms with Crippen LogP contribution in [0.3, 0.4) is 0 Å². The molecule has 2 amide bonds. The van der Waals surface area contributed by atoms with Crippen molar-refractivity contribution in [1.29, 1.82) is 0 Å². The molecule has 9 nitrogen and oxygen atoms in total. The average Bonchev–Trinajstić information content (AvgIpc) is 3.28. The molecule has 5 rings (SSSR count). The first-order chi connectivity index (χ1) is 18.8. The van der Waals surface area contributed by atoms with Crippen LogP contribution in [0.15, 0.2) is 72.8 Å². The number of carboxylic acids is 2. The van der Waals surface area contributed by atoms with E-state index in [0.29, 0.717) is 30.6 Å². The molecule has 0 saturated carbocycles. The van der Waals surface area contributed by atoms with Gasteiger partial charge in [0.2, 0.25) is 0 Å². The van der Waals surface area contributed by atoms with E-state index in [2.05, 4.69) is 15.5 Å². The second kappa shape index (κ2) is 11.1. The molecule has 198 valence electrons. The van der Waals surface area contributed by atoms with Gasteiger partial charge in [0.1, 0.15) is 5.00 Å². The monoisotopic (exact) mass is 543 g/mol. The van der Waals surface area contributed by atoms with Gasteiger partial charge in [-0.3, -0.25) is 14.5 Å². The molecule has 0 spiro atoms. The average molecular weight is 544 g/mol. The molecule has 4 N–H and O–H groups in total. The number of hydrogen-bond donors (Lipinski definition) is 4. The fourth-order valence-electron chi connectivity index (χ4n) is 4.85. The van der Waals surface area contributed by atoms with Gasteiger partial charge >= 0.3 is 17.8 Å². The number of fused-ring (bicyclic) bond motifs is 2. The first-order valence-corrected chi connectivity index (χ1v) is 13.1. The van der Waals surface area contributed by atoms with Crippen LogP contribution in [-0.4, -0.2) is 51.5 Å². The minimum atomic E-state index is -1.70. The summed E-state index contributed by atoms with van der Waals surface area (Å²) in [6, 6.07) is 22.8. The van der Waals surface area contributed by atoms with Crippen LogP contribution in [0.1, 0.15) is 36.7 Å². The molecule has 3 aromatic carbocycles. The van der Waals surface area contributed by atoms with Gasteiger partial charge in [0, 0.05) is 36.1 Å². The summed E-state index contributed by atoms with van der Waals surface area (Å²) in [5.41, 5.74) is 2.03. The topological polar surface area (TPSA) is 136 Å². The Bertz CT molecular complexity index is 1580. The fraction of sp³-hybridized carbons (Fsp3) is 0.172. The number of anilines is 1. The summed E-state index contributed by atoms with van der Waals surface area (Å²) in [6.07, 6.45) is 0.307. The Morgan fingerprint density at radius 1 is 0.923 bits per heavy atom. The molecule has 1 aliphatic heterocycles. The summed E-state index contributed by atoms with van der Waals surface area (Å²) in [5, 5.41) is 26.1. The van der Waals surface area contributed by atoms with Crippen LogP contribution < -0.4 is 10.6 Å². The molecule has 1 atom stereocenters. The van der Waals surface area contributed by atoms with Gasteiger partial charge in [0.05, 0.1) is 5.56 Å². The number of aromatic carboxylic acids is 1. The Balaban J connectivity index is 1.41. The van der Waals surface area contributed by atoms with Gasteiger partial charge in [0.15, 0.2) is 0 Å². The zero-order valence-electron chi connectivity index (χ0n) is 20.7. The highest BCUT2D eigenvalue weighted by atomic mass is 32.1. The van der Waals surface area contributed by atoms with Crippen LogP contribution in [0.5, 0.6) is 0 Å². The third-order valence-corrected chi connectivity index (χ3v) is 7.90. The number of thiophene rings is 1. The maximum atomic E-state index is 13.1. The van der Waals surface area contributed by atoms with Crippen LogP contribution in [-0.2, 0) is 29.1 Å². The number of amides is 2. The summed E-state index contributed by atoms with van der Waals surface area (Å²) in [6.45, 7) is 1.21. The second-order valence-corrected chi connectivity index (χ2v) is 10.4. The molecule has 10 heteroatoms. The number of rotatable bonds is 7. The first kappa shape index (κ1) is 26.1. The number of aliphatic carboxylic acids is 1. The lowest BCUT2D eigenvalue weighted by molar-refractivity contribution is -0.147. The van der Waals surface area contributed by atoms with E-state index in [0.717, 1.165) is 32.5 Å². The first-order valence-electron chi connectivity index (χ1n) is 12.3. The predicted octanol–water partition coefficient (Wildman–Crippen LogP) is 3.98. The summed E-state index contributed by atoms with van der Waals surface area (Å²) in [7, 11) is 0. The number of nitrogens with zero attached hydrogens (tertiary/aromatic N) is 1. The molecule has 0 unspecified atom stereocenters. The van der Waals surface area contributed by atoms with Gasteiger partial charge in [-0.1, -0.05) is 60.7 Å². The molecule has 0 bridgehead atoms. The van der Waals surface area contributed by atoms with Gasteiger partial charge in [0.25, 0.3) is 5.91 Å². The van der Waals surface area contributed by atoms with E-state index < -0.39 is 17.8 Å². The summed E-state index contributed by atoms with van der Waals surface area (Å²) in [5.74, 6) is -4.47. The van der Waals surface area contributed by atoms with Crippen molar-refractivity contribution in [1.82, 2.24) is 10.2 Å². The summed E-state index contributed by atoms with van der Waals surface area (Å²) >= 11 is 1.07. The lowest BCUT2D eigenvalue weighted by Crippen LogP contribution is -2.47. The minimum Gasteiger partial charge on any atom is -0.478 e. The minimum absolute atomic E-state index is 0.000380. The van der Waals surface area contributed by atoms with Crippen molar-refractivity contribution in [3.8, 4) is 0 Å². The number of carbonyl (C=O) groups excluding carboxylic acids is 2. The molecule has 0 fully saturated rings. The van der Waals surface area contributed by atoms with Crippen molar-refractivity contribution in [3.63, 3.8) is 0 Å². The van der Waals surface area contributed by atoms with E-state index in [9.17, 15) is 24.3 Å². The highest BCUT2D eigenvalue weighted by molar-refractivity contribution is 7.17. The van der Waals surface area contributed by atoms with Gasteiger partial charge in [-0.05, 0) is 40.5 Å². The third kappa shape index (κ3) is 5.66. The lowest BCUT2D eigenvalue weighted by atomic mass is 9.95. The molecule has 0 radical (unpaired) electrons. The van der Waals surface area contributed by atoms with Gasteiger partial charge in [-0.25, -0.2) is 9.59 Å². The van der Waals surface area contributed by atoms with Crippen molar-refractivity contribution in [3.05, 3.63) is 99.9 Å². The maximum Gasteiger partial charge on any atom is 0.394 e. The van der Waals surface area contributed by atoms with Crippen LogP contribution in [0.2, 0.25) is 0 Å². The quantitative estimate of drug-likeness (QED) is 0.259. The Morgan fingerprint density at radius 2 is 1.64 bits per heavy atom. The van der Waals surface area contributed by atoms with Crippen molar-refractivity contribution in [2.24, 2.45) is 0 Å². The van der Waals surface area contributed by atoms with Gasteiger partial charge < -0.3 is 20.8 Å². The Hall–Kier alpha value is -4.54. The molecule has 2 heterocycles. The van der Waals surface area contributed by atoms with Crippen molar-refractivity contribution in [2.75, 3.05) is 11.9 Å². The van der Waals surface area contributed by atoms with Crippen LogP contribution in [0, 0.1) is 0 Å². The third-order valence-electron chi connectivity index (χ3n) is 6.77. The van der Waals surface area contributed by atoms with Gasteiger partial charge in [-0.15, -0.1) is 11.3 Å². The second-order valence-electron chi connectivity index (χ2n) is 9.29. The van der Waals surface area contributed by atoms with Gasteiger partial charge in [-0.2, -0.15) is 0 Å².